The Kier molecular flexibility index (Phi) is 5.54. The second-order valence-electron chi connectivity index (χ2n) is 7.44. The summed E-state index contributed by atoms with van der Waals surface area (Å²) in [5, 5.41) is 0. The number of nitrogens with zero attached hydrogens (tertiary/aromatic N) is 1. The van der Waals surface area contributed by atoms with Crippen LogP contribution in [0.1, 0.15) is 19.4 Å². The molecule has 2 aromatic rings. The van der Waals surface area contributed by atoms with E-state index >= 15 is 0 Å². The monoisotopic (exact) mass is 440 g/mol. The summed E-state index contributed by atoms with van der Waals surface area (Å²) < 4.78 is 66.2. The van der Waals surface area contributed by atoms with Gasteiger partial charge in [0.2, 0.25) is 26.0 Å². The number of rotatable bonds is 6. The Morgan fingerprint density at radius 1 is 1.10 bits per heavy atom. The highest BCUT2D eigenvalue weighted by Gasteiger charge is 2.49. The van der Waals surface area contributed by atoms with Crippen LogP contribution in [0.3, 0.4) is 0 Å². The molecule has 0 aromatic heterocycles. The molecule has 1 fully saturated rings. The molecule has 0 aliphatic carbocycles. The van der Waals surface area contributed by atoms with Crippen LogP contribution in [0.4, 0.5) is 10.1 Å². The van der Waals surface area contributed by atoms with E-state index in [2.05, 4.69) is 4.72 Å². The maximum atomic E-state index is 13.6. The molecule has 1 N–H and O–H groups in total. The summed E-state index contributed by atoms with van der Waals surface area (Å²) in [7, 11) is -7.69. The molecule has 0 radical (unpaired) electrons. The minimum atomic E-state index is -3.87. The standard InChI is InChI=1S/C19H21FN2O5S2/c1-19(2)13-28(24,25)22(18(19)23)15-7-9-16(10-8-15)29(26,27)21-12-11-14-5-3-4-6-17(14)20/h3-10,21H,11-13H2,1-2H3. The minimum absolute atomic E-state index is 0.00179. The first kappa shape index (κ1) is 21.4. The van der Waals surface area contributed by atoms with Crippen LogP contribution in [0.5, 0.6) is 0 Å². The Morgan fingerprint density at radius 2 is 1.72 bits per heavy atom. The first-order valence-electron chi connectivity index (χ1n) is 8.85. The van der Waals surface area contributed by atoms with Crippen LogP contribution in [-0.4, -0.2) is 35.0 Å². The average molecular weight is 441 g/mol. The number of benzene rings is 2. The number of sulfonamides is 2. The van der Waals surface area contributed by atoms with Gasteiger partial charge in [-0.1, -0.05) is 18.2 Å². The molecule has 0 saturated carbocycles. The lowest BCUT2D eigenvalue weighted by Crippen LogP contribution is -2.33. The number of anilines is 1. The van der Waals surface area contributed by atoms with E-state index in [9.17, 15) is 26.0 Å². The van der Waals surface area contributed by atoms with Crippen LogP contribution in [0, 0.1) is 11.2 Å². The zero-order chi connectivity index (χ0) is 21.4. The SMILES string of the molecule is CC1(C)CS(=O)(=O)N(c2ccc(S(=O)(=O)NCCc3ccccc3F)cc2)C1=O. The second-order valence-corrected chi connectivity index (χ2v) is 11.0. The van der Waals surface area contributed by atoms with Gasteiger partial charge < -0.3 is 0 Å². The van der Waals surface area contributed by atoms with Gasteiger partial charge in [-0.3, -0.25) is 4.79 Å². The van der Waals surface area contributed by atoms with Gasteiger partial charge >= 0.3 is 0 Å². The van der Waals surface area contributed by atoms with Gasteiger partial charge in [0.25, 0.3) is 0 Å². The summed E-state index contributed by atoms with van der Waals surface area (Å²) in [6.45, 7) is 3.09. The first-order chi connectivity index (χ1) is 13.4. The molecule has 1 heterocycles. The van der Waals surface area contributed by atoms with E-state index in [0.29, 0.717) is 5.56 Å². The molecule has 29 heavy (non-hydrogen) atoms. The lowest BCUT2D eigenvalue weighted by molar-refractivity contribution is -0.123. The molecule has 3 rings (SSSR count). The van der Waals surface area contributed by atoms with E-state index in [1.54, 1.807) is 32.0 Å². The van der Waals surface area contributed by atoms with E-state index in [1.165, 1.54) is 30.3 Å². The number of carbonyl (C=O) groups is 1. The van der Waals surface area contributed by atoms with Gasteiger partial charge in [-0.05, 0) is 56.2 Å². The molecular formula is C19H21FN2O5S2. The van der Waals surface area contributed by atoms with E-state index in [1.807, 2.05) is 0 Å². The predicted molar refractivity (Wildman–Crippen MR) is 107 cm³/mol. The van der Waals surface area contributed by atoms with Crippen LogP contribution in [0.15, 0.2) is 53.4 Å². The van der Waals surface area contributed by atoms with Gasteiger partial charge in [0.1, 0.15) is 5.82 Å². The second kappa shape index (κ2) is 7.51. The van der Waals surface area contributed by atoms with Crippen LogP contribution >= 0.6 is 0 Å². The summed E-state index contributed by atoms with van der Waals surface area (Å²) >= 11 is 0. The van der Waals surface area contributed by atoms with E-state index in [0.717, 1.165) is 4.31 Å². The third-order valence-electron chi connectivity index (χ3n) is 4.61. The minimum Gasteiger partial charge on any atom is -0.273 e. The van der Waals surface area contributed by atoms with Crippen molar-refractivity contribution in [2.45, 2.75) is 25.2 Å². The Balaban J connectivity index is 1.74. The predicted octanol–water partition coefficient (Wildman–Crippen LogP) is 2.05. The summed E-state index contributed by atoms with van der Waals surface area (Å²) in [5.41, 5.74) is -0.561. The topological polar surface area (TPSA) is 101 Å². The molecule has 0 atom stereocenters. The number of hydrogen-bond acceptors (Lipinski definition) is 5. The lowest BCUT2D eigenvalue weighted by Gasteiger charge is -2.17. The highest BCUT2D eigenvalue weighted by atomic mass is 32.2. The third kappa shape index (κ3) is 4.34. The summed E-state index contributed by atoms with van der Waals surface area (Å²) in [4.78, 5) is 12.3. The van der Waals surface area contributed by atoms with Crippen molar-refractivity contribution in [1.82, 2.24) is 4.72 Å². The van der Waals surface area contributed by atoms with Crippen molar-refractivity contribution in [2.24, 2.45) is 5.41 Å². The van der Waals surface area contributed by atoms with Crippen molar-refractivity contribution in [3.8, 4) is 0 Å². The highest BCUT2D eigenvalue weighted by molar-refractivity contribution is 7.94. The summed E-state index contributed by atoms with van der Waals surface area (Å²) in [5.74, 6) is -1.28. The van der Waals surface area contributed by atoms with Crippen LogP contribution in [0.25, 0.3) is 0 Å². The summed E-state index contributed by atoms with van der Waals surface area (Å²) in [6, 6.07) is 11.1. The van der Waals surface area contributed by atoms with Crippen molar-refractivity contribution in [1.29, 1.82) is 0 Å². The lowest BCUT2D eigenvalue weighted by atomic mass is 9.95. The van der Waals surface area contributed by atoms with Crippen molar-refractivity contribution in [3.63, 3.8) is 0 Å². The van der Waals surface area contributed by atoms with Crippen molar-refractivity contribution in [2.75, 3.05) is 16.6 Å². The molecule has 7 nitrogen and oxygen atoms in total. The molecular weight excluding hydrogens is 419 g/mol. The maximum absolute atomic E-state index is 13.6. The number of carbonyl (C=O) groups excluding carboxylic acids is 1. The van der Waals surface area contributed by atoms with Crippen LogP contribution in [0.2, 0.25) is 0 Å². The molecule has 156 valence electrons. The van der Waals surface area contributed by atoms with Crippen LogP contribution in [-0.2, 0) is 31.3 Å². The fourth-order valence-electron chi connectivity index (χ4n) is 3.13. The quantitative estimate of drug-likeness (QED) is 0.741. The number of amides is 1. The Bertz CT molecular complexity index is 1140. The van der Waals surface area contributed by atoms with Gasteiger partial charge in [-0.15, -0.1) is 0 Å². The fourth-order valence-corrected chi connectivity index (χ4v) is 6.27. The third-order valence-corrected chi connectivity index (χ3v) is 8.11. The molecule has 1 amide bonds. The fraction of sp³-hybridized carbons (Fsp3) is 0.316. The molecule has 0 bridgehead atoms. The number of halogens is 1. The zero-order valence-electron chi connectivity index (χ0n) is 15.9. The van der Waals surface area contributed by atoms with Gasteiger partial charge in [0.05, 0.1) is 21.8 Å². The largest absolute Gasteiger partial charge is 0.273 e. The van der Waals surface area contributed by atoms with Gasteiger partial charge in [0.15, 0.2) is 0 Å². The van der Waals surface area contributed by atoms with Gasteiger partial charge in [0, 0.05) is 6.54 Å². The smallest absolute Gasteiger partial charge is 0.247 e. The van der Waals surface area contributed by atoms with Crippen molar-refractivity contribution >= 4 is 31.6 Å². The molecule has 2 aromatic carbocycles. The Morgan fingerprint density at radius 3 is 2.28 bits per heavy atom. The van der Waals surface area contributed by atoms with Crippen molar-refractivity contribution < 1.29 is 26.0 Å². The molecule has 1 saturated heterocycles. The molecule has 0 unspecified atom stereocenters. The van der Waals surface area contributed by atoms with E-state index in [-0.39, 0.29) is 29.3 Å². The normalized spacial score (nSPS) is 18.2. The maximum Gasteiger partial charge on any atom is 0.247 e. The first-order valence-corrected chi connectivity index (χ1v) is 11.9. The highest BCUT2D eigenvalue weighted by Crippen LogP contribution is 2.35. The average Bonchev–Trinajstić information content (AvgIpc) is 2.79. The summed E-state index contributed by atoms with van der Waals surface area (Å²) in [6.07, 6.45) is 0.180. The Hall–Kier alpha value is -2.30. The van der Waals surface area contributed by atoms with Crippen LogP contribution < -0.4 is 9.03 Å². The van der Waals surface area contributed by atoms with Crippen molar-refractivity contribution in [3.05, 3.63) is 59.9 Å². The molecule has 10 heteroatoms. The molecule has 0 spiro atoms. The van der Waals surface area contributed by atoms with E-state index < -0.39 is 37.2 Å². The van der Waals surface area contributed by atoms with Gasteiger partial charge in [-0.2, -0.15) is 0 Å². The number of hydrogen-bond donors (Lipinski definition) is 1. The molecule has 1 aliphatic rings. The Labute approximate surface area is 169 Å². The zero-order valence-corrected chi connectivity index (χ0v) is 17.6. The molecule has 1 aliphatic heterocycles. The van der Waals surface area contributed by atoms with E-state index in [4.69, 9.17) is 0 Å². The van der Waals surface area contributed by atoms with Gasteiger partial charge in [-0.25, -0.2) is 30.3 Å². The number of nitrogens with one attached hydrogen (secondary N) is 1.